The van der Waals surface area contributed by atoms with E-state index in [1.54, 1.807) is 41.6 Å². The number of rotatable bonds is 7. The molecule has 0 fully saturated rings. The first-order chi connectivity index (χ1) is 14.6. The summed E-state index contributed by atoms with van der Waals surface area (Å²) >= 11 is 0. The van der Waals surface area contributed by atoms with Gasteiger partial charge in [-0.25, -0.2) is 9.59 Å². The van der Waals surface area contributed by atoms with Crippen LogP contribution in [-0.2, 0) is 25.5 Å². The predicted octanol–water partition coefficient (Wildman–Crippen LogP) is 3.19. The number of esters is 2. The summed E-state index contributed by atoms with van der Waals surface area (Å²) in [5.74, 6) is -0.672. The second-order valence-electron chi connectivity index (χ2n) is 6.23. The van der Waals surface area contributed by atoms with E-state index in [4.69, 9.17) is 14.2 Å². The van der Waals surface area contributed by atoms with Crippen LogP contribution in [-0.4, -0.2) is 37.7 Å². The van der Waals surface area contributed by atoms with E-state index >= 15 is 0 Å². The molecule has 0 N–H and O–H groups in total. The van der Waals surface area contributed by atoms with Gasteiger partial charge in [-0.3, -0.25) is 4.98 Å². The van der Waals surface area contributed by atoms with Crippen molar-refractivity contribution in [2.24, 2.45) is 0 Å². The molecule has 0 aliphatic carbocycles. The highest BCUT2D eigenvalue weighted by Crippen LogP contribution is 2.29. The Morgan fingerprint density at radius 2 is 1.83 bits per heavy atom. The van der Waals surface area contributed by atoms with Crippen molar-refractivity contribution in [3.63, 3.8) is 0 Å². The molecule has 0 saturated heterocycles. The Balaban J connectivity index is 1.86. The first kappa shape index (κ1) is 20.9. The highest BCUT2D eigenvalue weighted by atomic mass is 16.5. The van der Waals surface area contributed by atoms with Crippen molar-refractivity contribution in [2.75, 3.05) is 25.7 Å². The summed E-state index contributed by atoms with van der Waals surface area (Å²) in [6.07, 6.45) is 8.97. The Morgan fingerprint density at radius 1 is 1.00 bits per heavy atom. The Morgan fingerprint density at radius 3 is 2.57 bits per heavy atom. The predicted molar refractivity (Wildman–Crippen MR) is 112 cm³/mol. The molecular weight excluding hydrogens is 384 g/mol. The standard InChI is InChI=1S/C23H22N2O5/c1-28-22(26)20-11-4-6-14-25(21(20)23(27)29-2)18-9-7-10-19(16-18)30-15-12-17-8-3-5-13-24-17/h3-11,13-14,16H,12,15H2,1-2H3. The molecule has 1 aliphatic heterocycles. The lowest BCUT2D eigenvalue weighted by Gasteiger charge is -2.23. The number of hydrogen-bond acceptors (Lipinski definition) is 7. The van der Waals surface area contributed by atoms with Crippen LogP contribution >= 0.6 is 0 Å². The number of benzene rings is 1. The Bertz CT molecular complexity index is 996. The summed E-state index contributed by atoms with van der Waals surface area (Å²) in [6.45, 7) is 0.449. The second kappa shape index (κ2) is 10.1. The number of anilines is 1. The number of methoxy groups -OCH3 is 2. The van der Waals surface area contributed by atoms with Crippen molar-refractivity contribution in [1.82, 2.24) is 4.98 Å². The third-order valence-corrected chi connectivity index (χ3v) is 4.34. The Labute approximate surface area is 174 Å². The van der Waals surface area contributed by atoms with Gasteiger partial charge in [0, 0.05) is 36.3 Å². The van der Waals surface area contributed by atoms with Gasteiger partial charge >= 0.3 is 11.9 Å². The van der Waals surface area contributed by atoms with E-state index in [2.05, 4.69) is 4.98 Å². The van der Waals surface area contributed by atoms with E-state index in [-0.39, 0.29) is 11.3 Å². The van der Waals surface area contributed by atoms with Gasteiger partial charge in [0.15, 0.2) is 0 Å². The van der Waals surface area contributed by atoms with Crippen LogP contribution in [0.25, 0.3) is 0 Å². The molecule has 3 rings (SSSR count). The van der Waals surface area contributed by atoms with Gasteiger partial charge in [-0.1, -0.05) is 18.2 Å². The molecule has 2 aromatic rings. The average Bonchev–Trinajstić information content (AvgIpc) is 3.02. The number of nitrogens with zero attached hydrogens (tertiary/aromatic N) is 2. The van der Waals surface area contributed by atoms with Crippen LogP contribution in [0.1, 0.15) is 5.69 Å². The minimum atomic E-state index is -0.659. The Hall–Kier alpha value is -3.87. The van der Waals surface area contributed by atoms with E-state index in [0.717, 1.165) is 5.69 Å². The van der Waals surface area contributed by atoms with Crippen LogP contribution < -0.4 is 9.64 Å². The molecule has 7 nitrogen and oxygen atoms in total. The first-order valence-corrected chi connectivity index (χ1v) is 9.32. The van der Waals surface area contributed by atoms with Crippen molar-refractivity contribution in [1.29, 1.82) is 0 Å². The lowest BCUT2D eigenvalue weighted by Crippen LogP contribution is -2.26. The quantitative estimate of drug-likeness (QED) is 0.654. The van der Waals surface area contributed by atoms with Gasteiger partial charge < -0.3 is 19.1 Å². The molecule has 7 heteroatoms. The summed E-state index contributed by atoms with van der Waals surface area (Å²) in [7, 11) is 2.52. The van der Waals surface area contributed by atoms with Gasteiger partial charge in [-0.05, 0) is 36.4 Å². The zero-order chi connectivity index (χ0) is 21.3. The fraction of sp³-hybridized carbons (Fsp3) is 0.174. The second-order valence-corrected chi connectivity index (χ2v) is 6.23. The molecule has 2 heterocycles. The first-order valence-electron chi connectivity index (χ1n) is 9.32. The van der Waals surface area contributed by atoms with E-state index in [1.165, 1.54) is 20.3 Å². The van der Waals surface area contributed by atoms with Crippen LogP contribution in [0.5, 0.6) is 5.75 Å². The molecule has 1 aromatic carbocycles. The fourth-order valence-electron chi connectivity index (χ4n) is 2.91. The molecule has 0 radical (unpaired) electrons. The molecule has 154 valence electrons. The van der Waals surface area contributed by atoms with Crippen molar-refractivity contribution in [3.8, 4) is 5.75 Å². The van der Waals surface area contributed by atoms with Crippen LogP contribution in [0, 0.1) is 0 Å². The summed E-state index contributed by atoms with van der Waals surface area (Å²) in [4.78, 5) is 30.6. The Kier molecular flexibility index (Phi) is 7.00. The van der Waals surface area contributed by atoms with Crippen molar-refractivity contribution in [3.05, 3.63) is 90.1 Å². The fourth-order valence-corrected chi connectivity index (χ4v) is 2.91. The summed E-state index contributed by atoms with van der Waals surface area (Å²) in [5, 5.41) is 0. The SMILES string of the molecule is COC(=O)C1=C(C(=O)OC)N(c2cccc(OCCc3ccccn3)c2)C=CC=C1. The lowest BCUT2D eigenvalue weighted by molar-refractivity contribution is -0.139. The van der Waals surface area contributed by atoms with Gasteiger partial charge in [0.25, 0.3) is 0 Å². The topological polar surface area (TPSA) is 78.0 Å². The highest BCUT2D eigenvalue weighted by molar-refractivity contribution is 6.05. The average molecular weight is 406 g/mol. The number of pyridine rings is 1. The molecule has 30 heavy (non-hydrogen) atoms. The molecular formula is C23H22N2O5. The van der Waals surface area contributed by atoms with Gasteiger partial charge in [0.2, 0.25) is 0 Å². The monoisotopic (exact) mass is 406 g/mol. The number of ether oxygens (including phenoxy) is 3. The maximum Gasteiger partial charge on any atom is 0.355 e. The van der Waals surface area contributed by atoms with Gasteiger partial charge in [-0.15, -0.1) is 0 Å². The van der Waals surface area contributed by atoms with Crippen molar-refractivity contribution in [2.45, 2.75) is 6.42 Å². The minimum absolute atomic E-state index is 0.0555. The maximum atomic E-state index is 12.5. The highest BCUT2D eigenvalue weighted by Gasteiger charge is 2.27. The van der Waals surface area contributed by atoms with E-state index in [9.17, 15) is 9.59 Å². The smallest absolute Gasteiger partial charge is 0.355 e. The summed E-state index contributed by atoms with van der Waals surface area (Å²) in [6, 6.07) is 13.0. The number of hydrogen-bond donors (Lipinski definition) is 0. The van der Waals surface area contributed by atoms with Gasteiger partial charge in [-0.2, -0.15) is 0 Å². The number of allylic oxidation sites excluding steroid dienone is 2. The van der Waals surface area contributed by atoms with Crippen molar-refractivity contribution < 1.29 is 23.8 Å². The van der Waals surface area contributed by atoms with Gasteiger partial charge in [0.1, 0.15) is 11.4 Å². The molecule has 0 saturated carbocycles. The van der Waals surface area contributed by atoms with E-state index < -0.39 is 11.9 Å². The minimum Gasteiger partial charge on any atom is -0.493 e. The molecule has 0 amide bonds. The molecule has 1 aliphatic rings. The third kappa shape index (κ3) is 4.94. The number of aromatic nitrogens is 1. The molecule has 0 spiro atoms. The van der Waals surface area contributed by atoms with Crippen LogP contribution in [0.15, 0.2) is 84.4 Å². The van der Waals surface area contributed by atoms with E-state index in [1.807, 2.05) is 30.3 Å². The summed E-state index contributed by atoms with van der Waals surface area (Å²) in [5.41, 5.74) is 1.72. The molecule has 1 aromatic heterocycles. The largest absolute Gasteiger partial charge is 0.493 e. The molecule has 0 unspecified atom stereocenters. The zero-order valence-corrected chi connectivity index (χ0v) is 16.8. The summed E-state index contributed by atoms with van der Waals surface area (Å²) < 4.78 is 15.6. The maximum absolute atomic E-state index is 12.5. The molecule has 0 bridgehead atoms. The van der Waals surface area contributed by atoms with Gasteiger partial charge in [0.05, 0.1) is 26.4 Å². The van der Waals surface area contributed by atoms with Crippen LogP contribution in [0.3, 0.4) is 0 Å². The van der Waals surface area contributed by atoms with Crippen LogP contribution in [0.4, 0.5) is 5.69 Å². The van der Waals surface area contributed by atoms with Crippen molar-refractivity contribution >= 4 is 17.6 Å². The van der Waals surface area contributed by atoms with E-state index in [0.29, 0.717) is 24.5 Å². The molecule has 0 atom stereocenters. The lowest BCUT2D eigenvalue weighted by atomic mass is 10.1. The van der Waals surface area contributed by atoms with Crippen LogP contribution in [0.2, 0.25) is 0 Å². The third-order valence-electron chi connectivity index (χ3n) is 4.34. The number of carbonyl (C=O) groups excluding carboxylic acids is 2. The number of carbonyl (C=O) groups is 2. The normalized spacial score (nSPS) is 13.1. The zero-order valence-electron chi connectivity index (χ0n) is 16.8.